The third kappa shape index (κ3) is 5.40. The number of piperidine rings is 1. The molecule has 3 aliphatic heterocycles. The van der Waals surface area contributed by atoms with E-state index in [0.29, 0.717) is 63.5 Å². The molecule has 9 heteroatoms. The predicted octanol–water partition coefficient (Wildman–Crippen LogP) is 2.08. The van der Waals surface area contributed by atoms with Gasteiger partial charge in [0.15, 0.2) is 5.69 Å². The van der Waals surface area contributed by atoms with Crippen LogP contribution in [0.4, 0.5) is 0 Å². The van der Waals surface area contributed by atoms with Gasteiger partial charge in [0.05, 0.1) is 6.10 Å². The molecule has 0 aliphatic carbocycles. The lowest BCUT2D eigenvalue weighted by Crippen LogP contribution is -2.44. The molecule has 0 saturated carbocycles. The summed E-state index contributed by atoms with van der Waals surface area (Å²) >= 11 is 0. The fourth-order valence-corrected chi connectivity index (χ4v) is 5.16. The molecule has 2 fully saturated rings. The van der Waals surface area contributed by atoms with Crippen molar-refractivity contribution in [3.05, 3.63) is 53.3 Å². The molecule has 186 valence electrons. The van der Waals surface area contributed by atoms with Crippen molar-refractivity contribution in [3.8, 4) is 0 Å². The fourth-order valence-electron chi connectivity index (χ4n) is 5.16. The second-order valence-electron chi connectivity index (χ2n) is 9.65. The van der Waals surface area contributed by atoms with E-state index < -0.39 is 0 Å². The van der Waals surface area contributed by atoms with Gasteiger partial charge in [-0.3, -0.25) is 19.1 Å². The van der Waals surface area contributed by atoms with Crippen molar-refractivity contribution in [3.63, 3.8) is 0 Å². The highest BCUT2D eigenvalue weighted by atomic mass is 16.5. The number of hydrogen-bond acceptors (Lipinski definition) is 5. The van der Waals surface area contributed by atoms with Gasteiger partial charge in [-0.15, -0.1) is 0 Å². The molecule has 2 saturated heterocycles. The lowest BCUT2D eigenvalue weighted by molar-refractivity contribution is -0.126. The number of aryl methyl sites for hydroxylation is 1. The van der Waals surface area contributed by atoms with Crippen LogP contribution in [0.25, 0.3) is 0 Å². The molecular formula is C26H33N5O4. The van der Waals surface area contributed by atoms with E-state index in [1.165, 1.54) is 0 Å². The highest BCUT2D eigenvalue weighted by Gasteiger charge is 2.31. The summed E-state index contributed by atoms with van der Waals surface area (Å²) < 4.78 is 7.24. The fraction of sp³-hybridized carbons (Fsp3) is 0.538. The van der Waals surface area contributed by atoms with Crippen molar-refractivity contribution in [2.45, 2.75) is 51.3 Å². The standard InChI is InChI=1S/C26H33N5O4/c32-24(27-17-21-8-4-15-35-21)20-9-13-29(14-10-20)25(33)22-16-23-26(34)30(11-5-12-31(23)28-22)18-19-6-2-1-3-7-19/h1-3,6-7,16,20-21H,4-5,8-15,17-18H2,(H,27,32). The molecule has 0 bridgehead atoms. The molecule has 3 amide bonds. The Hall–Kier alpha value is -3.20. The Kier molecular flexibility index (Phi) is 7.13. The lowest BCUT2D eigenvalue weighted by atomic mass is 9.95. The summed E-state index contributed by atoms with van der Waals surface area (Å²) in [6.45, 7) is 4.15. The van der Waals surface area contributed by atoms with Crippen molar-refractivity contribution >= 4 is 17.7 Å². The Morgan fingerprint density at radius 3 is 2.57 bits per heavy atom. The number of nitrogens with zero attached hydrogens (tertiary/aromatic N) is 4. The van der Waals surface area contributed by atoms with Crippen LogP contribution < -0.4 is 5.32 Å². The zero-order valence-electron chi connectivity index (χ0n) is 20.0. The van der Waals surface area contributed by atoms with Gasteiger partial charge < -0.3 is 19.9 Å². The highest BCUT2D eigenvalue weighted by molar-refractivity contribution is 5.98. The van der Waals surface area contributed by atoms with Crippen LogP contribution in [-0.4, -0.2) is 76.2 Å². The summed E-state index contributed by atoms with van der Waals surface area (Å²) in [5, 5.41) is 7.50. The lowest BCUT2D eigenvalue weighted by Gasteiger charge is -2.31. The number of ether oxygens (including phenoxy) is 1. The molecule has 2 aromatic rings. The maximum absolute atomic E-state index is 13.2. The Morgan fingerprint density at radius 2 is 1.83 bits per heavy atom. The molecule has 1 atom stereocenters. The zero-order valence-corrected chi connectivity index (χ0v) is 20.0. The predicted molar refractivity (Wildman–Crippen MR) is 129 cm³/mol. The van der Waals surface area contributed by atoms with Gasteiger partial charge in [-0.05, 0) is 37.7 Å². The van der Waals surface area contributed by atoms with Gasteiger partial charge in [0, 0.05) is 57.9 Å². The summed E-state index contributed by atoms with van der Waals surface area (Å²) in [4.78, 5) is 42.5. The third-order valence-electron chi connectivity index (χ3n) is 7.20. The zero-order chi connectivity index (χ0) is 24.2. The summed E-state index contributed by atoms with van der Waals surface area (Å²) in [7, 11) is 0. The van der Waals surface area contributed by atoms with E-state index in [1.54, 1.807) is 15.6 Å². The average Bonchev–Trinajstić information content (AvgIpc) is 3.54. The Balaban J connectivity index is 1.17. The Morgan fingerprint density at radius 1 is 1.03 bits per heavy atom. The number of benzene rings is 1. The molecular weight excluding hydrogens is 446 g/mol. The van der Waals surface area contributed by atoms with Gasteiger partial charge in [-0.2, -0.15) is 5.10 Å². The van der Waals surface area contributed by atoms with Crippen LogP contribution in [0, 0.1) is 5.92 Å². The molecule has 1 aromatic heterocycles. The van der Waals surface area contributed by atoms with E-state index >= 15 is 0 Å². The summed E-state index contributed by atoms with van der Waals surface area (Å²) in [5.74, 6) is -0.316. The minimum absolute atomic E-state index is 0.0467. The monoisotopic (exact) mass is 479 g/mol. The first kappa shape index (κ1) is 23.5. The Labute approximate surface area is 205 Å². The first-order valence-electron chi connectivity index (χ1n) is 12.7. The number of likely N-dealkylation sites (tertiary alicyclic amines) is 1. The number of amides is 3. The van der Waals surface area contributed by atoms with Crippen molar-refractivity contribution in [1.29, 1.82) is 0 Å². The highest BCUT2D eigenvalue weighted by Crippen LogP contribution is 2.22. The summed E-state index contributed by atoms with van der Waals surface area (Å²) in [6.07, 6.45) is 4.21. The summed E-state index contributed by atoms with van der Waals surface area (Å²) in [5.41, 5.74) is 1.84. The third-order valence-corrected chi connectivity index (χ3v) is 7.20. The molecule has 5 rings (SSSR count). The van der Waals surface area contributed by atoms with E-state index in [1.807, 2.05) is 35.2 Å². The quantitative estimate of drug-likeness (QED) is 0.684. The molecule has 4 heterocycles. The Bertz CT molecular complexity index is 1050. The number of rotatable bonds is 6. The smallest absolute Gasteiger partial charge is 0.274 e. The second-order valence-corrected chi connectivity index (χ2v) is 9.65. The number of fused-ring (bicyclic) bond motifs is 1. The molecule has 1 N–H and O–H groups in total. The molecule has 0 radical (unpaired) electrons. The number of carbonyl (C=O) groups excluding carboxylic acids is 3. The maximum Gasteiger partial charge on any atom is 0.274 e. The van der Waals surface area contributed by atoms with Gasteiger partial charge in [0.25, 0.3) is 11.8 Å². The van der Waals surface area contributed by atoms with E-state index in [-0.39, 0.29) is 29.7 Å². The second kappa shape index (κ2) is 10.6. The number of hydrogen-bond donors (Lipinski definition) is 1. The van der Waals surface area contributed by atoms with E-state index in [4.69, 9.17) is 4.74 Å². The molecule has 1 unspecified atom stereocenters. The molecule has 9 nitrogen and oxygen atoms in total. The summed E-state index contributed by atoms with van der Waals surface area (Å²) in [6, 6.07) is 11.6. The largest absolute Gasteiger partial charge is 0.376 e. The van der Waals surface area contributed by atoms with Crippen LogP contribution >= 0.6 is 0 Å². The molecule has 0 spiro atoms. The van der Waals surface area contributed by atoms with Crippen LogP contribution in [-0.2, 0) is 22.6 Å². The first-order chi connectivity index (χ1) is 17.1. The van der Waals surface area contributed by atoms with E-state index in [9.17, 15) is 14.4 Å². The maximum atomic E-state index is 13.2. The van der Waals surface area contributed by atoms with Gasteiger partial charge >= 0.3 is 0 Å². The first-order valence-corrected chi connectivity index (χ1v) is 12.7. The van der Waals surface area contributed by atoms with Crippen LogP contribution in [0.15, 0.2) is 36.4 Å². The van der Waals surface area contributed by atoms with Crippen molar-refractivity contribution in [1.82, 2.24) is 24.9 Å². The van der Waals surface area contributed by atoms with Crippen LogP contribution in [0.5, 0.6) is 0 Å². The van der Waals surface area contributed by atoms with Gasteiger partial charge in [-0.25, -0.2) is 0 Å². The topological polar surface area (TPSA) is 96.8 Å². The van der Waals surface area contributed by atoms with E-state index in [0.717, 1.165) is 31.4 Å². The SMILES string of the molecule is O=C(NCC1CCCO1)C1CCN(C(=O)c2cc3n(n2)CCCN(Cc2ccccc2)C3=O)CC1. The van der Waals surface area contributed by atoms with Gasteiger partial charge in [0.1, 0.15) is 5.69 Å². The van der Waals surface area contributed by atoms with Crippen molar-refractivity contribution in [2.75, 3.05) is 32.8 Å². The van der Waals surface area contributed by atoms with Crippen LogP contribution in [0.1, 0.15) is 58.6 Å². The number of aromatic nitrogens is 2. The van der Waals surface area contributed by atoms with Gasteiger partial charge in [-0.1, -0.05) is 30.3 Å². The van der Waals surface area contributed by atoms with Crippen molar-refractivity contribution in [2.24, 2.45) is 5.92 Å². The minimum Gasteiger partial charge on any atom is -0.376 e. The van der Waals surface area contributed by atoms with Crippen LogP contribution in [0.3, 0.4) is 0 Å². The normalized spacial score (nSPS) is 21.0. The number of carbonyl (C=O) groups is 3. The number of nitrogens with one attached hydrogen (secondary N) is 1. The van der Waals surface area contributed by atoms with Gasteiger partial charge in [0.2, 0.25) is 5.91 Å². The van der Waals surface area contributed by atoms with E-state index in [2.05, 4.69) is 10.4 Å². The minimum atomic E-state index is -0.175. The molecule has 3 aliphatic rings. The molecule has 35 heavy (non-hydrogen) atoms. The van der Waals surface area contributed by atoms with Crippen LogP contribution in [0.2, 0.25) is 0 Å². The van der Waals surface area contributed by atoms with Crippen molar-refractivity contribution < 1.29 is 19.1 Å². The average molecular weight is 480 g/mol. The molecule has 1 aromatic carbocycles.